The Labute approximate surface area is 182 Å². The summed E-state index contributed by atoms with van der Waals surface area (Å²) in [6, 6.07) is 14.3. The number of hydrogen-bond donors (Lipinski definition) is 1. The van der Waals surface area contributed by atoms with Crippen molar-refractivity contribution in [1.29, 1.82) is 0 Å². The number of aromatic nitrogens is 1. The van der Waals surface area contributed by atoms with Crippen molar-refractivity contribution >= 4 is 54.2 Å². The quantitative estimate of drug-likeness (QED) is 0.449. The number of halogens is 1. The molecule has 1 aromatic heterocycles. The van der Waals surface area contributed by atoms with Crippen LogP contribution in [0.2, 0.25) is 0 Å². The molecule has 0 aliphatic heterocycles. The van der Waals surface area contributed by atoms with Gasteiger partial charge >= 0.3 is 0 Å². The standard InChI is InChI=1S/C21H19BrN2O3S2/c1-2-13-29(26,27)18-10-3-15(4-11-18)5-12-20(25)24-21-23-19(14-28-21)16-6-8-17(22)9-7-16/h3-12,14H,2,13H2,1H3,(H,23,24,25)/b12-5+. The zero-order valence-electron chi connectivity index (χ0n) is 15.6. The first-order valence-electron chi connectivity index (χ1n) is 8.91. The van der Waals surface area contributed by atoms with Crippen molar-refractivity contribution in [3.63, 3.8) is 0 Å². The van der Waals surface area contributed by atoms with E-state index in [1.165, 1.54) is 17.4 Å². The van der Waals surface area contributed by atoms with Gasteiger partial charge in [0.1, 0.15) is 0 Å². The highest BCUT2D eigenvalue weighted by molar-refractivity contribution is 9.10. The van der Waals surface area contributed by atoms with Crippen LogP contribution in [0.25, 0.3) is 17.3 Å². The van der Waals surface area contributed by atoms with Gasteiger partial charge in [-0.2, -0.15) is 0 Å². The van der Waals surface area contributed by atoms with Crippen molar-refractivity contribution in [2.45, 2.75) is 18.2 Å². The van der Waals surface area contributed by atoms with E-state index in [0.717, 1.165) is 21.3 Å². The topological polar surface area (TPSA) is 76.1 Å². The number of carbonyl (C=O) groups is 1. The number of nitrogens with zero attached hydrogens (tertiary/aromatic N) is 1. The average Bonchev–Trinajstić information content (AvgIpc) is 3.15. The SMILES string of the molecule is CCCS(=O)(=O)c1ccc(/C=C/C(=O)Nc2nc(-c3ccc(Br)cc3)cs2)cc1. The van der Waals surface area contributed by atoms with Crippen LogP contribution in [0, 0.1) is 0 Å². The van der Waals surface area contributed by atoms with Crippen molar-refractivity contribution in [3.05, 3.63) is 70.0 Å². The van der Waals surface area contributed by atoms with Crippen LogP contribution in [0.3, 0.4) is 0 Å². The van der Waals surface area contributed by atoms with Crippen LogP contribution in [0.1, 0.15) is 18.9 Å². The first kappa shape index (κ1) is 21.4. The van der Waals surface area contributed by atoms with E-state index >= 15 is 0 Å². The van der Waals surface area contributed by atoms with Gasteiger partial charge in [-0.05, 0) is 42.3 Å². The van der Waals surface area contributed by atoms with Gasteiger partial charge in [-0.15, -0.1) is 11.3 Å². The van der Waals surface area contributed by atoms with Crippen LogP contribution >= 0.6 is 27.3 Å². The summed E-state index contributed by atoms with van der Waals surface area (Å²) < 4.78 is 25.1. The smallest absolute Gasteiger partial charge is 0.250 e. The Kier molecular flexibility index (Phi) is 7.00. The average molecular weight is 491 g/mol. The lowest BCUT2D eigenvalue weighted by molar-refractivity contribution is -0.111. The molecule has 0 unspecified atom stereocenters. The highest BCUT2D eigenvalue weighted by Gasteiger charge is 2.12. The van der Waals surface area contributed by atoms with Gasteiger partial charge in [-0.3, -0.25) is 10.1 Å². The van der Waals surface area contributed by atoms with Gasteiger partial charge < -0.3 is 0 Å². The van der Waals surface area contributed by atoms with Crippen molar-refractivity contribution in [2.24, 2.45) is 0 Å². The van der Waals surface area contributed by atoms with Gasteiger partial charge in [0.2, 0.25) is 5.91 Å². The van der Waals surface area contributed by atoms with E-state index in [2.05, 4.69) is 26.2 Å². The number of carbonyl (C=O) groups excluding carboxylic acids is 1. The van der Waals surface area contributed by atoms with E-state index in [4.69, 9.17) is 0 Å². The first-order chi connectivity index (χ1) is 13.9. The van der Waals surface area contributed by atoms with E-state index < -0.39 is 9.84 Å². The largest absolute Gasteiger partial charge is 0.298 e. The third-order valence-electron chi connectivity index (χ3n) is 4.01. The Morgan fingerprint density at radius 3 is 2.48 bits per heavy atom. The van der Waals surface area contributed by atoms with Crippen LogP contribution in [0.4, 0.5) is 5.13 Å². The second-order valence-corrected chi connectivity index (χ2v) is 10.1. The highest BCUT2D eigenvalue weighted by atomic mass is 79.9. The summed E-state index contributed by atoms with van der Waals surface area (Å²) in [6.45, 7) is 1.83. The first-order valence-corrected chi connectivity index (χ1v) is 12.2. The van der Waals surface area contributed by atoms with E-state index in [9.17, 15) is 13.2 Å². The molecule has 1 amide bonds. The molecule has 150 valence electrons. The van der Waals surface area contributed by atoms with Crippen LogP contribution in [0.5, 0.6) is 0 Å². The third-order valence-corrected chi connectivity index (χ3v) is 7.24. The summed E-state index contributed by atoms with van der Waals surface area (Å²) >= 11 is 4.75. The number of thiazole rings is 1. The van der Waals surface area contributed by atoms with Crippen LogP contribution in [0.15, 0.2) is 69.4 Å². The maximum Gasteiger partial charge on any atom is 0.250 e. The molecule has 0 aliphatic carbocycles. The summed E-state index contributed by atoms with van der Waals surface area (Å²) in [5, 5.41) is 5.14. The summed E-state index contributed by atoms with van der Waals surface area (Å²) in [7, 11) is -3.24. The number of anilines is 1. The zero-order chi connectivity index (χ0) is 20.9. The van der Waals surface area contributed by atoms with Gasteiger partial charge in [0.05, 0.1) is 16.3 Å². The third kappa shape index (κ3) is 5.85. The van der Waals surface area contributed by atoms with Crippen LogP contribution in [-0.2, 0) is 14.6 Å². The Morgan fingerprint density at radius 2 is 1.83 bits per heavy atom. The molecule has 0 spiro atoms. The number of rotatable bonds is 7. The molecule has 0 atom stereocenters. The molecule has 0 aliphatic rings. The molecule has 0 radical (unpaired) electrons. The summed E-state index contributed by atoms with van der Waals surface area (Å²) in [6.07, 6.45) is 3.61. The molecule has 8 heteroatoms. The lowest BCUT2D eigenvalue weighted by Crippen LogP contribution is -2.07. The normalized spacial score (nSPS) is 11.7. The second kappa shape index (κ2) is 9.47. The molecule has 0 fully saturated rings. The maximum atomic E-state index is 12.2. The van der Waals surface area contributed by atoms with Gasteiger partial charge in [0.25, 0.3) is 0 Å². The fourth-order valence-corrected chi connectivity index (χ4v) is 4.89. The molecule has 0 bridgehead atoms. The lowest BCUT2D eigenvalue weighted by atomic mass is 10.2. The van der Waals surface area contributed by atoms with E-state index in [0.29, 0.717) is 16.4 Å². The van der Waals surface area contributed by atoms with Gasteiger partial charge in [0, 0.05) is 21.5 Å². The van der Waals surface area contributed by atoms with Crippen molar-refractivity contribution in [2.75, 3.05) is 11.1 Å². The predicted molar refractivity (Wildman–Crippen MR) is 122 cm³/mol. The summed E-state index contributed by atoms with van der Waals surface area (Å²) in [5.41, 5.74) is 2.51. The Morgan fingerprint density at radius 1 is 1.14 bits per heavy atom. The number of amides is 1. The van der Waals surface area contributed by atoms with Crippen molar-refractivity contribution in [3.8, 4) is 11.3 Å². The molecular formula is C21H19BrN2O3S2. The molecule has 29 heavy (non-hydrogen) atoms. The van der Waals surface area contributed by atoms with Crippen LogP contribution in [-0.4, -0.2) is 25.1 Å². The van der Waals surface area contributed by atoms with Gasteiger partial charge in [-0.1, -0.05) is 47.1 Å². The number of benzene rings is 2. The number of sulfone groups is 1. The molecule has 0 saturated carbocycles. The Bertz CT molecular complexity index is 1120. The maximum absolute atomic E-state index is 12.2. The minimum absolute atomic E-state index is 0.126. The molecule has 0 saturated heterocycles. The molecule has 1 heterocycles. The molecule has 1 N–H and O–H groups in total. The lowest BCUT2D eigenvalue weighted by Gasteiger charge is -2.03. The number of hydrogen-bond acceptors (Lipinski definition) is 5. The van der Waals surface area contributed by atoms with Crippen LogP contribution < -0.4 is 5.32 Å². The minimum Gasteiger partial charge on any atom is -0.298 e. The summed E-state index contributed by atoms with van der Waals surface area (Å²) in [4.78, 5) is 16.9. The molecule has 3 aromatic rings. The van der Waals surface area contributed by atoms with Crippen molar-refractivity contribution < 1.29 is 13.2 Å². The zero-order valence-corrected chi connectivity index (χ0v) is 18.9. The second-order valence-electron chi connectivity index (χ2n) is 6.26. The molecular weight excluding hydrogens is 472 g/mol. The Balaban J connectivity index is 1.62. The number of nitrogens with one attached hydrogen (secondary N) is 1. The van der Waals surface area contributed by atoms with E-state index in [-0.39, 0.29) is 11.7 Å². The van der Waals surface area contributed by atoms with Gasteiger partial charge in [-0.25, -0.2) is 13.4 Å². The fourth-order valence-electron chi connectivity index (χ4n) is 2.58. The minimum atomic E-state index is -3.24. The van der Waals surface area contributed by atoms with Crippen molar-refractivity contribution in [1.82, 2.24) is 4.98 Å². The predicted octanol–water partition coefficient (Wildman–Crippen LogP) is 5.41. The van der Waals surface area contributed by atoms with Gasteiger partial charge in [0.15, 0.2) is 15.0 Å². The molecule has 3 rings (SSSR count). The monoisotopic (exact) mass is 490 g/mol. The molecule has 5 nitrogen and oxygen atoms in total. The van der Waals surface area contributed by atoms with E-state index in [1.54, 1.807) is 30.3 Å². The molecule has 2 aromatic carbocycles. The summed E-state index contributed by atoms with van der Waals surface area (Å²) in [5.74, 6) is -0.176. The fraction of sp³-hybridized carbons (Fsp3) is 0.143. The van der Waals surface area contributed by atoms with E-state index in [1.807, 2.05) is 36.6 Å². The highest BCUT2D eigenvalue weighted by Crippen LogP contribution is 2.26. The Hall–Kier alpha value is -2.29.